The maximum atomic E-state index is 12.2. The molecule has 0 radical (unpaired) electrons. The molecule has 7 heteroatoms. The molecule has 1 aromatic rings. The highest BCUT2D eigenvalue weighted by Crippen LogP contribution is 2.23. The summed E-state index contributed by atoms with van der Waals surface area (Å²) in [6, 6.07) is 2.58. The number of hydrogen-bond acceptors (Lipinski definition) is 4. The van der Waals surface area contributed by atoms with Gasteiger partial charge in [-0.25, -0.2) is 8.42 Å². The molecule has 1 saturated heterocycles. The summed E-state index contributed by atoms with van der Waals surface area (Å²) >= 11 is 1.77. The summed E-state index contributed by atoms with van der Waals surface area (Å²) in [5.41, 5.74) is -0.300. The van der Waals surface area contributed by atoms with Gasteiger partial charge in [-0.1, -0.05) is 6.92 Å². The van der Waals surface area contributed by atoms with E-state index in [1.165, 1.54) is 22.6 Å². The Morgan fingerprint density at radius 3 is 2.82 bits per heavy atom. The number of H-pyrrole nitrogens is 1. The highest BCUT2D eigenvalue weighted by atomic mass is 32.2. The highest BCUT2D eigenvalue weighted by Gasteiger charge is 2.28. The van der Waals surface area contributed by atoms with Crippen molar-refractivity contribution in [1.82, 2.24) is 9.29 Å². The topological polar surface area (TPSA) is 70.2 Å². The molecule has 0 spiro atoms. The Balaban J connectivity index is 2.29. The molecular weight excluding hydrogens is 260 g/mol. The normalized spacial score (nSPS) is 22.5. The molecule has 2 heterocycles. The average molecular weight is 274 g/mol. The van der Waals surface area contributed by atoms with Crippen LogP contribution in [0.4, 0.5) is 0 Å². The fraction of sp³-hybridized carbons (Fsp3) is 0.500. The molecule has 1 unspecified atom stereocenters. The summed E-state index contributed by atoms with van der Waals surface area (Å²) in [7, 11) is -3.46. The van der Waals surface area contributed by atoms with Crippen LogP contribution in [-0.2, 0) is 10.0 Å². The van der Waals surface area contributed by atoms with E-state index < -0.39 is 10.0 Å². The fourth-order valence-corrected chi connectivity index (χ4v) is 4.43. The van der Waals surface area contributed by atoms with Gasteiger partial charge in [0.1, 0.15) is 0 Å². The third-order valence-electron chi connectivity index (χ3n) is 2.60. The van der Waals surface area contributed by atoms with E-state index in [4.69, 9.17) is 0 Å². The number of aromatic nitrogens is 1. The lowest BCUT2D eigenvalue weighted by Gasteiger charge is -2.29. The Kier molecular flexibility index (Phi) is 3.60. The molecular formula is C10H14N2O3S2. The van der Waals surface area contributed by atoms with Gasteiger partial charge in [-0.3, -0.25) is 4.79 Å². The van der Waals surface area contributed by atoms with Gasteiger partial charge in [0.05, 0.1) is 4.90 Å². The predicted molar refractivity (Wildman–Crippen MR) is 67.7 cm³/mol. The first-order valence-electron chi connectivity index (χ1n) is 5.30. The van der Waals surface area contributed by atoms with Gasteiger partial charge in [-0.15, -0.1) is 0 Å². The van der Waals surface area contributed by atoms with Crippen molar-refractivity contribution >= 4 is 21.8 Å². The molecule has 1 aliphatic heterocycles. The minimum absolute atomic E-state index is 0.149. The molecule has 94 valence electrons. The zero-order chi connectivity index (χ0) is 12.5. The highest BCUT2D eigenvalue weighted by molar-refractivity contribution is 8.00. The molecule has 0 bridgehead atoms. The number of aromatic amines is 1. The van der Waals surface area contributed by atoms with Crippen molar-refractivity contribution in [3.8, 4) is 0 Å². The second kappa shape index (κ2) is 4.83. The van der Waals surface area contributed by atoms with E-state index >= 15 is 0 Å². The van der Waals surface area contributed by atoms with Crippen LogP contribution in [0.15, 0.2) is 28.0 Å². The largest absolute Gasteiger partial charge is 0.328 e. The second-order valence-electron chi connectivity index (χ2n) is 3.93. The van der Waals surface area contributed by atoms with Crippen LogP contribution in [0.3, 0.4) is 0 Å². The summed E-state index contributed by atoms with van der Waals surface area (Å²) in [5, 5.41) is 0.307. The van der Waals surface area contributed by atoms with Crippen LogP contribution in [0.2, 0.25) is 0 Å². The Morgan fingerprint density at radius 1 is 1.47 bits per heavy atom. The fourth-order valence-electron chi connectivity index (χ4n) is 1.71. The zero-order valence-electron chi connectivity index (χ0n) is 9.42. The van der Waals surface area contributed by atoms with Crippen molar-refractivity contribution < 1.29 is 8.42 Å². The van der Waals surface area contributed by atoms with Crippen molar-refractivity contribution in [2.24, 2.45) is 0 Å². The van der Waals surface area contributed by atoms with E-state index in [0.29, 0.717) is 18.3 Å². The molecule has 0 saturated carbocycles. The maximum Gasteiger partial charge on any atom is 0.247 e. The first-order chi connectivity index (χ1) is 8.00. The smallest absolute Gasteiger partial charge is 0.247 e. The number of sulfonamides is 1. The quantitative estimate of drug-likeness (QED) is 0.852. The minimum atomic E-state index is -3.46. The van der Waals surface area contributed by atoms with Gasteiger partial charge in [-0.05, 0) is 6.07 Å². The summed E-state index contributed by atoms with van der Waals surface area (Å²) in [4.78, 5) is 13.4. The number of hydrogen-bond donors (Lipinski definition) is 1. The molecule has 1 fully saturated rings. The SMILES string of the molecule is CC1CN(S(=O)(=O)c2ccc(=O)[nH]c2)CCS1. The van der Waals surface area contributed by atoms with Gasteiger partial charge < -0.3 is 4.98 Å². The van der Waals surface area contributed by atoms with Gasteiger partial charge in [-0.2, -0.15) is 16.1 Å². The van der Waals surface area contributed by atoms with Crippen molar-refractivity contribution in [2.45, 2.75) is 17.1 Å². The molecule has 1 atom stereocenters. The third-order valence-corrected chi connectivity index (χ3v) is 5.59. The van der Waals surface area contributed by atoms with Crippen LogP contribution in [0, 0.1) is 0 Å². The Labute approximate surface area is 104 Å². The molecule has 17 heavy (non-hydrogen) atoms. The summed E-state index contributed by atoms with van der Waals surface area (Å²) in [6.45, 7) is 3.06. The van der Waals surface area contributed by atoms with E-state index in [1.807, 2.05) is 6.92 Å². The summed E-state index contributed by atoms with van der Waals surface area (Å²) in [6.07, 6.45) is 1.25. The molecule has 1 aromatic heterocycles. The van der Waals surface area contributed by atoms with Gasteiger partial charge in [0.15, 0.2) is 0 Å². The van der Waals surface area contributed by atoms with Crippen LogP contribution >= 0.6 is 11.8 Å². The van der Waals surface area contributed by atoms with Crippen LogP contribution in [0.1, 0.15) is 6.92 Å². The lowest BCUT2D eigenvalue weighted by Crippen LogP contribution is -2.41. The molecule has 0 aromatic carbocycles. The van der Waals surface area contributed by atoms with E-state index in [-0.39, 0.29) is 10.5 Å². The first kappa shape index (κ1) is 12.7. The Hall–Kier alpha value is -0.790. The van der Waals surface area contributed by atoms with E-state index in [9.17, 15) is 13.2 Å². The third kappa shape index (κ3) is 2.72. The van der Waals surface area contributed by atoms with Crippen molar-refractivity contribution in [1.29, 1.82) is 0 Å². The van der Waals surface area contributed by atoms with Gasteiger partial charge in [0.2, 0.25) is 15.6 Å². The van der Waals surface area contributed by atoms with Crippen molar-refractivity contribution in [2.75, 3.05) is 18.8 Å². The second-order valence-corrected chi connectivity index (χ2v) is 7.42. The monoisotopic (exact) mass is 274 g/mol. The van der Waals surface area contributed by atoms with Crippen LogP contribution in [0.25, 0.3) is 0 Å². The van der Waals surface area contributed by atoms with Crippen molar-refractivity contribution in [3.63, 3.8) is 0 Å². The number of nitrogens with one attached hydrogen (secondary N) is 1. The maximum absolute atomic E-state index is 12.2. The number of pyridine rings is 1. The van der Waals surface area contributed by atoms with E-state index in [2.05, 4.69) is 4.98 Å². The van der Waals surface area contributed by atoms with Gasteiger partial charge in [0, 0.05) is 36.4 Å². The number of rotatable bonds is 2. The molecule has 1 N–H and O–H groups in total. The number of thioether (sulfide) groups is 1. The molecule has 2 rings (SSSR count). The molecule has 1 aliphatic rings. The van der Waals surface area contributed by atoms with E-state index in [0.717, 1.165) is 5.75 Å². The predicted octanol–water partition coefficient (Wildman–Crippen LogP) is 0.501. The van der Waals surface area contributed by atoms with Crippen LogP contribution in [-0.4, -0.2) is 41.8 Å². The Morgan fingerprint density at radius 2 is 2.24 bits per heavy atom. The molecule has 5 nitrogen and oxygen atoms in total. The standard InChI is InChI=1S/C10H14N2O3S2/c1-8-7-12(4-5-16-8)17(14,15)9-2-3-10(13)11-6-9/h2-3,6,8H,4-5,7H2,1H3,(H,11,13). The molecule has 0 aliphatic carbocycles. The van der Waals surface area contributed by atoms with E-state index in [1.54, 1.807) is 11.8 Å². The Bertz CT molecular complexity index is 532. The molecule has 0 amide bonds. The van der Waals surface area contributed by atoms with Crippen molar-refractivity contribution in [3.05, 3.63) is 28.7 Å². The lowest BCUT2D eigenvalue weighted by molar-refractivity contribution is 0.424. The number of nitrogens with zero attached hydrogens (tertiary/aromatic N) is 1. The minimum Gasteiger partial charge on any atom is -0.328 e. The summed E-state index contributed by atoms with van der Waals surface area (Å²) < 4.78 is 26.0. The van der Waals surface area contributed by atoms with Crippen LogP contribution < -0.4 is 5.56 Å². The van der Waals surface area contributed by atoms with Gasteiger partial charge in [0.25, 0.3) is 0 Å². The summed E-state index contributed by atoms with van der Waals surface area (Å²) in [5.74, 6) is 0.809. The van der Waals surface area contributed by atoms with Gasteiger partial charge >= 0.3 is 0 Å². The van der Waals surface area contributed by atoms with Crippen LogP contribution in [0.5, 0.6) is 0 Å². The zero-order valence-corrected chi connectivity index (χ0v) is 11.1. The lowest BCUT2D eigenvalue weighted by atomic mass is 10.4. The first-order valence-corrected chi connectivity index (χ1v) is 7.79. The average Bonchev–Trinajstić information content (AvgIpc) is 2.29.